The summed E-state index contributed by atoms with van der Waals surface area (Å²) in [6.07, 6.45) is 4.09. The molecule has 0 spiro atoms. The smallest absolute Gasteiger partial charge is 0.248 e. The van der Waals surface area contributed by atoms with Gasteiger partial charge in [0.1, 0.15) is 6.54 Å². The lowest BCUT2D eigenvalue weighted by atomic mass is 9.99. The van der Waals surface area contributed by atoms with Crippen molar-refractivity contribution in [2.75, 3.05) is 24.5 Å². The maximum atomic E-state index is 12.8. The quantitative estimate of drug-likeness (QED) is 0.298. The Morgan fingerprint density at radius 1 is 1.23 bits per heavy atom. The van der Waals surface area contributed by atoms with E-state index in [1.165, 1.54) is 5.56 Å². The number of carbonyl (C=O) groups is 1. The van der Waals surface area contributed by atoms with Crippen molar-refractivity contribution in [3.8, 4) is 0 Å². The molecule has 0 saturated heterocycles. The monoisotopic (exact) mass is 539 g/mol. The number of aryl methyl sites for hydroxylation is 1. The van der Waals surface area contributed by atoms with E-state index in [4.69, 9.17) is 4.52 Å². The third-order valence-electron chi connectivity index (χ3n) is 5.54. The van der Waals surface area contributed by atoms with Crippen molar-refractivity contribution in [1.29, 1.82) is 0 Å². The number of aromatic nitrogens is 1. The van der Waals surface area contributed by atoms with Gasteiger partial charge in [-0.3, -0.25) is 4.79 Å². The van der Waals surface area contributed by atoms with E-state index in [2.05, 4.69) is 40.7 Å². The largest absolute Gasteiger partial charge is 0.359 e. The van der Waals surface area contributed by atoms with Crippen molar-refractivity contribution in [3.05, 3.63) is 47.3 Å². The molecule has 0 saturated carbocycles. The summed E-state index contributed by atoms with van der Waals surface area (Å²) in [6, 6.07) is 10.1. The molecule has 0 aliphatic carbocycles. The molecule has 8 heteroatoms. The first-order chi connectivity index (χ1) is 14.7. The predicted molar refractivity (Wildman–Crippen MR) is 135 cm³/mol. The molecule has 0 atom stereocenters. The van der Waals surface area contributed by atoms with E-state index in [9.17, 15) is 4.79 Å². The Balaban J connectivity index is 0.00000341. The number of hydrogen-bond acceptors (Lipinski definition) is 4. The van der Waals surface area contributed by atoms with E-state index in [0.717, 1.165) is 49.4 Å². The normalized spacial score (nSPS) is 13.5. The molecule has 7 nitrogen and oxygen atoms in total. The lowest BCUT2D eigenvalue weighted by Gasteiger charge is -2.29. The van der Waals surface area contributed by atoms with Gasteiger partial charge in [-0.2, -0.15) is 0 Å². The fraction of sp³-hybridized carbons (Fsp3) is 0.522. The van der Waals surface area contributed by atoms with Crippen LogP contribution >= 0.6 is 24.0 Å². The summed E-state index contributed by atoms with van der Waals surface area (Å²) in [5, 5.41) is 10.6. The second kappa shape index (κ2) is 12.7. The van der Waals surface area contributed by atoms with Crippen molar-refractivity contribution in [2.45, 2.75) is 58.9 Å². The van der Waals surface area contributed by atoms with Crippen LogP contribution in [-0.4, -0.2) is 36.7 Å². The minimum Gasteiger partial charge on any atom is -0.359 e. The van der Waals surface area contributed by atoms with Crippen LogP contribution in [0, 0.1) is 0 Å². The number of para-hydroxylation sites is 1. The molecule has 0 bridgehead atoms. The van der Waals surface area contributed by atoms with Crippen LogP contribution in [0.5, 0.6) is 0 Å². The van der Waals surface area contributed by atoms with Gasteiger partial charge in [-0.25, -0.2) is 4.99 Å². The van der Waals surface area contributed by atoms with Crippen molar-refractivity contribution in [2.24, 2.45) is 4.99 Å². The summed E-state index contributed by atoms with van der Waals surface area (Å²) in [6.45, 7) is 8.34. The molecule has 0 radical (unpaired) electrons. The van der Waals surface area contributed by atoms with E-state index in [1.807, 2.05) is 36.1 Å². The van der Waals surface area contributed by atoms with Gasteiger partial charge in [-0.05, 0) is 44.2 Å². The molecular weight excluding hydrogens is 505 g/mol. The molecule has 3 rings (SSSR count). The third kappa shape index (κ3) is 6.69. The summed E-state index contributed by atoms with van der Waals surface area (Å²) in [4.78, 5) is 19.2. The molecule has 170 valence electrons. The first kappa shape index (κ1) is 25.2. The van der Waals surface area contributed by atoms with E-state index in [0.29, 0.717) is 25.0 Å². The zero-order valence-corrected chi connectivity index (χ0v) is 21.0. The molecule has 1 aliphatic rings. The Bertz CT molecular complexity index is 863. The van der Waals surface area contributed by atoms with Gasteiger partial charge in [-0.1, -0.05) is 37.2 Å². The first-order valence-electron chi connectivity index (χ1n) is 11.0. The van der Waals surface area contributed by atoms with Gasteiger partial charge >= 0.3 is 0 Å². The Hall–Kier alpha value is -2.10. The summed E-state index contributed by atoms with van der Waals surface area (Å²) in [5.41, 5.74) is 3.24. The van der Waals surface area contributed by atoms with Crippen LogP contribution in [0.4, 0.5) is 5.69 Å². The topological polar surface area (TPSA) is 82.8 Å². The third-order valence-corrected chi connectivity index (χ3v) is 5.54. The van der Waals surface area contributed by atoms with Gasteiger partial charge in [0.15, 0.2) is 11.7 Å². The highest BCUT2D eigenvalue weighted by Crippen LogP contribution is 2.26. The van der Waals surface area contributed by atoms with Crippen LogP contribution < -0.4 is 15.5 Å². The zero-order valence-electron chi connectivity index (χ0n) is 18.7. The predicted octanol–water partition coefficient (Wildman–Crippen LogP) is 4.23. The summed E-state index contributed by atoms with van der Waals surface area (Å²) >= 11 is 0. The van der Waals surface area contributed by atoms with E-state index in [1.54, 1.807) is 0 Å². The number of rotatable bonds is 8. The molecule has 1 amide bonds. The highest BCUT2D eigenvalue weighted by Gasteiger charge is 2.21. The average molecular weight is 539 g/mol. The number of benzene rings is 1. The minimum absolute atomic E-state index is 0. The van der Waals surface area contributed by atoms with Gasteiger partial charge in [0.2, 0.25) is 5.91 Å². The molecule has 1 aliphatic heterocycles. The summed E-state index contributed by atoms with van der Waals surface area (Å²) < 4.78 is 5.47. The first-order valence-corrected chi connectivity index (χ1v) is 11.0. The van der Waals surface area contributed by atoms with Crippen molar-refractivity contribution in [3.63, 3.8) is 0 Å². The Morgan fingerprint density at radius 2 is 2.00 bits per heavy atom. The molecule has 1 aromatic carbocycles. The standard InChI is InChI=1S/C23H33N5O2.HI/c1-4-17(5-2)20-14-19(30-27-20)15-25-23(24-6-3)26-16-22(29)28-13-9-11-18-10-7-8-12-21(18)28;/h7-8,10,12,14,17H,4-6,9,11,13,15-16H2,1-3H3,(H2,24,25,26);1H. The number of fused-ring (bicyclic) bond motifs is 1. The Labute approximate surface area is 202 Å². The zero-order chi connectivity index (χ0) is 21.3. The van der Waals surface area contributed by atoms with Crippen LogP contribution in [-0.2, 0) is 17.8 Å². The van der Waals surface area contributed by atoms with Gasteiger partial charge in [0, 0.05) is 30.8 Å². The molecule has 2 aromatic rings. The fourth-order valence-corrected chi connectivity index (χ4v) is 3.85. The second-order valence-electron chi connectivity index (χ2n) is 7.56. The Kier molecular flexibility index (Phi) is 10.3. The number of nitrogens with one attached hydrogen (secondary N) is 2. The molecule has 2 heterocycles. The molecule has 0 fully saturated rings. The second-order valence-corrected chi connectivity index (χ2v) is 7.56. The number of halogens is 1. The number of carbonyl (C=O) groups excluding carboxylic acids is 1. The Morgan fingerprint density at radius 3 is 2.74 bits per heavy atom. The van der Waals surface area contributed by atoms with E-state index in [-0.39, 0.29) is 36.4 Å². The lowest BCUT2D eigenvalue weighted by Crippen LogP contribution is -2.40. The van der Waals surface area contributed by atoms with Crippen molar-refractivity contribution >= 4 is 41.5 Å². The minimum atomic E-state index is 0. The SMILES string of the molecule is CCNC(=NCC(=O)N1CCCc2ccccc21)NCc1cc(C(CC)CC)no1.I. The van der Waals surface area contributed by atoms with Gasteiger partial charge < -0.3 is 20.1 Å². The number of nitrogens with zero attached hydrogens (tertiary/aromatic N) is 3. The molecule has 31 heavy (non-hydrogen) atoms. The molecule has 1 aromatic heterocycles. The van der Waals surface area contributed by atoms with E-state index < -0.39 is 0 Å². The highest BCUT2D eigenvalue weighted by molar-refractivity contribution is 14.0. The number of anilines is 1. The average Bonchev–Trinajstić information content (AvgIpc) is 3.24. The lowest BCUT2D eigenvalue weighted by molar-refractivity contribution is -0.117. The molecular formula is C23H34IN5O2. The van der Waals surface area contributed by atoms with Gasteiger partial charge in [0.05, 0.1) is 12.2 Å². The molecule has 2 N–H and O–H groups in total. The van der Waals surface area contributed by atoms with Crippen LogP contribution in [0.2, 0.25) is 0 Å². The maximum absolute atomic E-state index is 12.8. The molecule has 0 unspecified atom stereocenters. The van der Waals surface area contributed by atoms with Crippen molar-refractivity contribution in [1.82, 2.24) is 15.8 Å². The number of amides is 1. The highest BCUT2D eigenvalue weighted by atomic mass is 127. The van der Waals surface area contributed by atoms with Crippen LogP contribution in [0.3, 0.4) is 0 Å². The van der Waals surface area contributed by atoms with Crippen LogP contribution in [0.15, 0.2) is 39.8 Å². The number of guanidine groups is 1. The van der Waals surface area contributed by atoms with Gasteiger partial charge in [0.25, 0.3) is 0 Å². The maximum Gasteiger partial charge on any atom is 0.248 e. The summed E-state index contributed by atoms with van der Waals surface area (Å²) in [7, 11) is 0. The van der Waals surface area contributed by atoms with Gasteiger partial charge in [-0.15, -0.1) is 24.0 Å². The van der Waals surface area contributed by atoms with Crippen LogP contribution in [0.25, 0.3) is 0 Å². The number of aliphatic imine (C=N–C) groups is 1. The number of hydrogen-bond donors (Lipinski definition) is 2. The van der Waals surface area contributed by atoms with Crippen molar-refractivity contribution < 1.29 is 9.32 Å². The summed E-state index contributed by atoms with van der Waals surface area (Å²) in [5.74, 6) is 1.79. The fourth-order valence-electron chi connectivity index (χ4n) is 3.85. The van der Waals surface area contributed by atoms with E-state index >= 15 is 0 Å². The van der Waals surface area contributed by atoms with Crippen LogP contribution in [0.1, 0.15) is 63.0 Å².